The summed E-state index contributed by atoms with van der Waals surface area (Å²) in [6.45, 7) is 8.07. The van der Waals surface area contributed by atoms with Gasteiger partial charge >= 0.3 is 6.09 Å². The van der Waals surface area contributed by atoms with Crippen molar-refractivity contribution >= 4 is 23.3 Å². The lowest BCUT2D eigenvalue weighted by Crippen LogP contribution is -2.53. The number of carbonyl (C=O) groups excluding carboxylic acids is 2. The van der Waals surface area contributed by atoms with E-state index in [9.17, 15) is 9.59 Å². The largest absolute Gasteiger partial charge is 0.444 e. The van der Waals surface area contributed by atoms with Crippen molar-refractivity contribution in [3.05, 3.63) is 52.5 Å². The molecule has 1 atom stereocenters. The Morgan fingerprint density at radius 2 is 2.10 bits per heavy atom. The number of carbonyl (C=O) groups is 2. The maximum Gasteiger partial charge on any atom is 0.410 e. The van der Waals surface area contributed by atoms with E-state index in [2.05, 4.69) is 21.3 Å². The molecular weight excluding hydrogens is 400 g/mol. The first-order valence-electron chi connectivity index (χ1n) is 10.2. The van der Waals surface area contributed by atoms with Crippen molar-refractivity contribution in [3.8, 4) is 0 Å². The number of rotatable bonds is 6. The summed E-state index contributed by atoms with van der Waals surface area (Å²) in [6.07, 6.45) is 4.03. The van der Waals surface area contributed by atoms with E-state index in [1.54, 1.807) is 28.6 Å². The van der Waals surface area contributed by atoms with Gasteiger partial charge in [-0.3, -0.25) is 14.7 Å². The third kappa shape index (κ3) is 6.53. The molecular formula is C22H30N4O3S. The predicted octanol–water partition coefficient (Wildman–Crippen LogP) is 3.10. The van der Waals surface area contributed by atoms with Crippen molar-refractivity contribution in [2.75, 3.05) is 32.7 Å². The van der Waals surface area contributed by atoms with Crippen LogP contribution in [0.1, 0.15) is 37.3 Å². The van der Waals surface area contributed by atoms with Crippen LogP contribution in [0.4, 0.5) is 4.79 Å². The van der Waals surface area contributed by atoms with Gasteiger partial charge in [0.2, 0.25) is 5.91 Å². The third-order valence-electron chi connectivity index (χ3n) is 4.83. The molecule has 8 heteroatoms. The van der Waals surface area contributed by atoms with Crippen LogP contribution in [-0.2, 0) is 16.0 Å². The Bertz CT molecular complexity index is 821. The number of piperazine rings is 1. The quantitative estimate of drug-likeness (QED) is 0.762. The lowest BCUT2D eigenvalue weighted by atomic mass is 10.0. The van der Waals surface area contributed by atoms with E-state index in [-0.39, 0.29) is 24.6 Å². The molecule has 3 rings (SSSR count). The number of thiophene rings is 1. The van der Waals surface area contributed by atoms with E-state index in [1.807, 2.05) is 44.4 Å². The summed E-state index contributed by atoms with van der Waals surface area (Å²) >= 11 is 1.70. The summed E-state index contributed by atoms with van der Waals surface area (Å²) in [5.74, 6) is -0.00818. The second-order valence-electron chi connectivity index (χ2n) is 8.38. The van der Waals surface area contributed by atoms with Gasteiger partial charge in [0.05, 0.1) is 12.6 Å². The van der Waals surface area contributed by atoms with Crippen molar-refractivity contribution in [1.82, 2.24) is 20.1 Å². The number of nitrogens with zero attached hydrogens (tertiary/aromatic N) is 3. The lowest BCUT2D eigenvalue weighted by Gasteiger charge is -2.41. The molecule has 0 unspecified atom stereocenters. The number of pyridine rings is 1. The Kier molecular flexibility index (Phi) is 7.44. The number of hydrogen-bond acceptors (Lipinski definition) is 6. The van der Waals surface area contributed by atoms with E-state index >= 15 is 0 Å². The summed E-state index contributed by atoms with van der Waals surface area (Å²) < 4.78 is 5.54. The highest BCUT2D eigenvalue weighted by Gasteiger charge is 2.33. The topological polar surface area (TPSA) is 74.8 Å². The summed E-state index contributed by atoms with van der Waals surface area (Å²) in [7, 11) is 0. The van der Waals surface area contributed by atoms with Crippen molar-refractivity contribution in [1.29, 1.82) is 0 Å². The molecule has 1 saturated heterocycles. The second kappa shape index (κ2) is 10.0. The molecule has 0 saturated carbocycles. The smallest absolute Gasteiger partial charge is 0.410 e. The van der Waals surface area contributed by atoms with E-state index in [0.717, 1.165) is 12.0 Å². The average Bonchev–Trinajstić information content (AvgIpc) is 3.21. The van der Waals surface area contributed by atoms with Gasteiger partial charge in [-0.15, -0.1) is 11.3 Å². The predicted molar refractivity (Wildman–Crippen MR) is 117 cm³/mol. The highest BCUT2D eigenvalue weighted by Crippen LogP contribution is 2.25. The van der Waals surface area contributed by atoms with Crippen LogP contribution in [0.15, 0.2) is 42.0 Å². The highest BCUT2D eigenvalue weighted by molar-refractivity contribution is 7.09. The molecule has 0 aromatic carbocycles. The van der Waals surface area contributed by atoms with Gasteiger partial charge in [0.15, 0.2) is 0 Å². The van der Waals surface area contributed by atoms with Gasteiger partial charge < -0.3 is 15.0 Å². The molecule has 162 valence electrons. The Labute approximate surface area is 182 Å². The molecule has 0 radical (unpaired) electrons. The van der Waals surface area contributed by atoms with Gasteiger partial charge in [0, 0.05) is 43.4 Å². The fourth-order valence-electron chi connectivity index (χ4n) is 3.41. The molecule has 1 aliphatic heterocycles. The normalized spacial score (nSPS) is 17.6. The van der Waals surface area contributed by atoms with Gasteiger partial charge in [-0.2, -0.15) is 0 Å². The van der Waals surface area contributed by atoms with Gasteiger partial charge in [0.25, 0.3) is 0 Å². The van der Waals surface area contributed by atoms with Crippen LogP contribution >= 0.6 is 11.3 Å². The SMILES string of the molecule is CC(C)(C)OC(=O)N1CCN(CC(=O)NCCc2cccs2)[C@@H](c2cccnc2)C1. The number of hydrogen-bond donors (Lipinski definition) is 1. The molecule has 3 heterocycles. The average molecular weight is 431 g/mol. The lowest BCUT2D eigenvalue weighted by molar-refractivity contribution is -0.123. The van der Waals surface area contributed by atoms with Crippen LogP contribution in [-0.4, -0.2) is 65.1 Å². The molecule has 1 N–H and O–H groups in total. The molecule has 1 aliphatic rings. The number of ether oxygens (including phenoxy) is 1. The first kappa shape index (κ1) is 22.2. The van der Waals surface area contributed by atoms with Crippen LogP contribution in [0.25, 0.3) is 0 Å². The number of nitrogens with one attached hydrogen (secondary N) is 1. The molecule has 2 aromatic rings. The van der Waals surface area contributed by atoms with Crippen molar-refractivity contribution in [3.63, 3.8) is 0 Å². The monoisotopic (exact) mass is 430 g/mol. The standard InChI is InChI=1S/C22H30N4O3S/c1-22(2,3)29-21(28)26-12-11-25(19(15-26)17-6-4-9-23-14-17)16-20(27)24-10-8-18-7-5-13-30-18/h4-7,9,13-14,19H,8,10-12,15-16H2,1-3H3,(H,24,27)/t19-/m1/s1. The maximum absolute atomic E-state index is 12.6. The van der Waals surface area contributed by atoms with E-state index in [4.69, 9.17) is 4.74 Å². The first-order valence-corrected chi connectivity index (χ1v) is 11.1. The van der Waals surface area contributed by atoms with Crippen LogP contribution in [0.5, 0.6) is 0 Å². The number of aromatic nitrogens is 1. The molecule has 2 aromatic heterocycles. The Morgan fingerprint density at radius 1 is 1.27 bits per heavy atom. The summed E-state index contributed by atoms with van der Waals surface area (Å²) in [5.41, 5.74) is 0.442. The van der Waals surface area contributed by atoms with Gasteiger partial charge in [0.1, 0.15) is 5.60 Å². The second-order valence-corrected chi connectivity index (χ2v) is 9.41. The molecule has 0 bridgehead atoms. The highest BCUT2D eigenvalue weighted by atomic mass is 32.1. The van der Waals surface area contributed by atoms with Gasteiger partial charge in [-0.25, -0.2) is 4.79 Å². The van der Waals surface area contributed by atoms with Gasteiger partial charge in [-0.05, 0) is 50.3 Å². The minimum Gasteiger partial charge on any atom is -0.444 e. The van der Waals surface area contributed by atoms with Crippen molar-refractivity contribution < 1.29 is 14.3 Å². The maximum atomic E-state index is 12.6. The van der Waals surface area contributed by atoms with E-state index in [0.29, 0.717) is 26.2 Å². The van der Waals surface area contributed by atoms with Crippen LogP contribution < -0.4 is 5.32 Å². The van der Waals surface area contributed by atoms with E-state index < -0.39 is 5.60 Å². The molecule has 2 amide bonds. The fraction of sp³-hybridized carbons (Fsp3) is 0.500. The third-order valence-corrected chi connectivity index (χ3v) is 5.77. The van der Waals surface area contributed by atoms with Gasteiger partial charge in [-0.1, -0.05) is 12.1 Å². The molecule has 0 aliphatic carbocycles. The molecule has 1 fully saturated rings. The van der Waals surface area contributed by atoms with Crippen molar-refractivity contribution in [2.24, 2.45) is 0 Å². The molecule has 7 nitrogen and oxygen atoms in total. The fourth-order valence-corrected chi connectivity index (χ4v) is 4.12. The summed E-state index contributed by atoms with van der Waals surface area (Å²) in [4.78, 5) is 34.4. The number of amides is 2. The molecule has 30 heavy (non-hydrogen) atoms. The van der Waals surface area contributed by atoms with Crippen LogP contribution in [0.3, 0.4) is 0 Å². The zero-order chi connectivity index (χ0) is 21.6. The van der Waals surface area contributed by atoms with Crippen molar-refractivity contribution in [2.45, 2.75) is 38.8 Å². The summed E-state index contributed by atoms with van der Waals surface area (Å²) in [6, 6.07) is 7.84. The Hall–Kier alpha value is -2.45. The molecule has 0 spiro atoms. The zero-order valence-electron chi connectivity index (χ0n) is 17.8. The zero-order valence-corrected chi connectivity index (χ0v) is 18.7. The Balaban J connectivity index is 1.61. The minimum atomic E-state index is -0.541. The minimum absolute atomic E-state index is 0.00818. The first-order chi connectivity index (χ1) is 14.3. The Morgan fingerprint density at radius 3 is 2.77 bits per heavy atom. The summed E-state index contributed by atoms with van der Waals surface area (Å²) in [5, 5.41) is 5.05. The van der Waals surface area contributed by atoms with Crippen LogP contribution in [0, 0.1) is 0 Å². The van der Waals surface area contributed by atoms with E-state index in [1.165, 1.54) is 4.88 Å². The van der Waals surface area contributed by atoms with Crippen LogP contribution in [0.2, 0.25) is 0 Å².